The van der Waals surface area contributed by atoms with Gasteiger partial charge in [0.05, 0.1) is 0 Å². The van der Waals surface area contributed by atoms with Gasteiger partial charge in [-0.2, -0.15) is 0 Å². The van der Waals surface area contributed by atoms with Gasteiger partial charge in [-0.15, -0.1) is 0 Å². The molecule has 0 amide bonds. The zero-order valence-corrected chi connectivity index (χ0v) is 35.4. The third kappa shape index (κ3) is 5.56. The molecule has 296 valence electrons. The van der Waals surface area contributed by atoms with Crippen molar-refractivity contribution in [2.75, 3.05) is 4.90 Å². The summed E-state index contributed by atoms with van der Waals surface area (Å²) in [6.07, 6.45) is 0. The molecule has 0 saturated heterocycles. The lowest BCUT2D eigenvalue weighted by Gasteiger charge is -2.26. The molecule has 12 rings (SSSR count). The number of para-hydroxylation sites is 1. The highest BCUT2D eigenvalue weighted by molar-refractivity contribution is 6.06. The van der Waals surface area contributed by atoms with Gasteiger partial charge < -0.3 is 9.32 Å². The quantitative estimate of drug-likeness (QED) is 0.167. The number of fused-ring (bicyclic) bond motifs is 9. The maximum atomic E-state index is 6.25. The SMILES string of the molecule is CC1(C)c2ccccc2-c2cc3c(cc21)-c1cc(-c2ccc(N(c4ccc(-c5ccccc5)cc4)c4ccc(-c5ccc6c(c5)oc5ccccc56)cc4)cc2)ccc1C3(C)C. The van der Waals surface area contributed by atoms with Crippen molar-refractivity contribution < 1.29 is 4.42 Å². The Morgan fingerprint density at radius 3 is 1.39 bits per heavy atom. The van der Waals surface area contributed by atoms with Crippen LogP contribution in [0.3, 0.4) is 0 Å². The van der Waals surface area contributed by atoms with Crippen LogP contribution in [0.15, 0.2) is 205 Å². The Bertz CT molecular complexity index is 3370. The standard InChI is InChI=1S/C60H45NO/c1-59(2)53-16-10-8-14-47(53)51-36-56-52(37-55(51)59)50-34-42(25-33-54(50)60(56,3)4)40-20-28-45(29-21-40)61(44-26-18-39(19-27-44)38-12-6-5-7-13-38)46-30-22-41(23-31-46)43-24-32-49-48-15-9-11-17-57(48)62-58(49)35-43/h5-37H,1-4H3. The lowest BCUT2D eigenvalue weighted by molar-refractivity contribution is 0.652. The van der Waals surface area contributed by atoms with Crippen LogP contribution in [0.25, 0.3) is 77.6 Å². The van der Waals surface area contributed by atoms with Gasteiger partial charge in [0.1, 0.15) is 11.2 Å². The summed E-state index contributed by atoms with van der Waals surface area (Å²) in [7, 11) is 0. The van der Waals surface area contributed by atoms with Crippen LogP contribution < -0.4 is 4.90 Å². The number of anilines is 3. The van der Waals surface area contributed by atoms with E-state index in [0.717, 1.165) is 50.1 Å². The monoisotopic (exact) mass is 795 g/mol. The predicted octanol–water partition coefficient (Wildman–Crippen LogP) is 16.7. The molecular weight excluding hydrogens is 751 g/mol. The Labute approximate surface area is 363 Å². The molecule has 9 aromatic carbocycles. The minimum atomic E-state index is -0.0873. The summed E-state index contributed by atoms with van der Waals surface area (Å²) >= 11 is 0. The van der Waals surface area contributed by atoms with E-state index in [9.17, 15) is 0 Å². The maximum Gasteiger partial charge on any atom is 0.136 e. The number of rotatable bonds is 6. The Balaban J connectivity index is 0.904. The molecule has 2 aliphatic carbocycles. The number of benzene rings is 9. The second-order valence-electron chi connectivity index (χ2n) is 18.2. The fraction of sp³-hybridized carbons (Fsp3) is 0.100. The van der Waals surface area contributed by atoms with Crippen LogP contribution in [0.5, 0.6) is 0 Å². The minimum Gasteiger partial charge on any atom is -0.456 e. The van der Waals surface area contributed by atoms with Crippen LogP contribution in [0.2, 0.25) is 0 Å². The number of furan rings is 1. The molecule has 0 radical (unpaired) electrons. The van der Waals surface area contributed by atoms with E-state index in [1.54, 1.807) is 0 Å². The first-order valence-corrected chi connectivity index (χ1v) is 21.7. The van der Waals surface area contributed by atoms with Gasteiger partial charge in [0.15, 0.2) is 0 Å². The Hall–Kier alpha value is -7.42. The normalized spacial score (nSPS) is 14.1. The van der Waals surface area contributed by atoms with E-state index in [2.05, 4.69) is 221 Å². The molecule has 2 nitrogen and oxygen atoms in total. The van der Waals surface area contributed by atoms with Crippen molar-refractivity contribution in [2.24, 2.45) is 0 Å². The average Bonchev–Trinajstić information content (AvgIpc) is 3.88. The summed E-state index contributed by atoms with van der Waals surface area (Å²) in [5.41, 5.74) is 23.2. The highest BCUT2D eigenvalue weighted by atomic mass is 16.3. The molecule has 0 aliphatic heterocycles. The lowest BCUT2D eigenvalue weighted by atomic mass is 9.79. The average molecular weight is 796 g/mol. The largest absolute Gasteiger partial charge is 0.456 e. The first-order chi connectivity index (χ1) is 30.2. The second-order valence-corrected chi connectivity index (χ2v) is 18.2. The number of hydrogen-bond acceptors (Lipinski definition) is 2. The van der Waals surface area contributed by atoms with E-state index >= 15 is 0 Å². The van der Waals surface area contributed by atoms with E-state index in [0.29, 0.717) is 0 Å². The molecule has 0 bridgehead atoms. The topological polar surface area (TPSA) is 16.4 Å². The van der Waals surface area contributed by atoms with Crippen molar-refractivity contribution in [3.05, 3.63) is 222 Å². The summed E-state index contributed by atoms with van der Waals surface area (Å²) in [6, 6.07) is 73.4. The summed E-state index contributed by atoms with van der Waals surface area (Å²) < 4.78 is 6.25. The zero-order valence-electron chi connectivity index (χ0n) is 35.4. The van der Waals surface area contributed by atoms with Crippen molar-refractivity contribution in [1.29, 1.82) is 0 Å². The molecule has 1 aromatic heterocycles. The summed E-state index contributed by atoms with van der Waals surface area (Å²) in [6.45, 7) is 9.52. The molecule has 0 unspecified atom stereocenters. The van der Waals surface area contributed by atoms with Crippen LogP contribution in [-0.4, -0.2) is 0 Å². The molecule has 1 heterocycles. The zero-order chi connectivity index (χ0) is 41.7. The van der Waals surface area contributed by atoms with Gasteiger partial charge in [0.2, 0.25) is 0 Å². The van der Waals surface area contributed by atoms with E-state index in [1.807, 2.05) is 12.1 Å². The van der Waals surface area contributed by atoms with Gasteiger partial charge in [-0.05, 0) is 151 Å². The van der Waals surface area contributed by atoms with Gasteiger partial charge in [-0.1, -0.05) is 155 Å². The van der Waals surface area contributed by atoms with Crippen LogP contribution in [-0.2, 0) is 10.8 Å². The third-order valence-corrected chi connectivity index (χ3v) is 13.9. The highest BCUT2D eigenvalue weighted by Gasteiger charge is 2.41. The van der Waals surface area contributed by atoms with Crippen molar-refractivity contribution >= 4 is 39.0 Å². The van der Waals surface area contributed by atoms with E-state index in [1.165, 1.54) is 66.8 Å². The predicted molar refractivity (Wildman–Crippen MR) is 260 cm³/mol. The summed E-state index contributed by atoms with van der Waals surface area (Å²) in [5.74, 6) is 0. The Morgan fingerprint density at radius 1 is 0.306 bits per heavy atom. The Morgan fingerprint density at radius 2 is 0.742 bits per heavy atom. The molecule has 0 N–H and O–H groups in total. The summed E-state index contributed by atoms with van der Waals surface area (Å²) in [5, 5.41) is 2.29. The fourth-order valence-electron chi connectivity index (χ4n) is 10.5. The van der Waals surface area contributed by atoms with Crippen LogP contribution >= 0.6 is 0 Å². The van der Waals surface area contributed by atoms with Crippen LogP contribution in [0.1, 0.15) is 49.9 Å². The lowest BCUT2D eigenvalue weighted by Crippen LogP contribution is -2.16. The maximum absolute atomic E-state index is 6.25. The molecule has 2 aliphatic rings. The smallest absolute Gasteiger partial charge is 0.136 e. The Kier molecular flexibility index (Phi) is 7.96. The first kappa shape index (κ1) is 36.4. The van der Waals surface area contributed by atoms with Crippen LogP contribution in [0.4, 0.5) is 17.1 Å². The van der Waals surface area contributed by atoms with Crippen LogP contribution in [0, 0.1) is 0 Å². The molecule has 62 heavy (non-hydrogen) atoms. The molecule has 10 aromatic rings. The van der Waals surface area contributed by atoms with Crippen molar-refractivity contribution in [3.63, 3.8) is 0 Å². The van der Waals surface area contributed by atoms with Gasteiger partial charge >= 0.3 is 0 Å². The third-order valence-electron chi connectivity index (χ3n) is 13.9. The number of nitrogens with zero attached hydrogens (tertiary/aromatic N) is 1. The van der Waals surface area contributed by atoms with E-state index < -0.39 is 0 Å². The molecule has 0 spiro atoms. The van der Waals surface area contributed by atoms with Crippen molar-refractivity contribution in [1.82, 2.24) is 0 Å². The first-order valence-electron chi connectivity index (χ1n) is 21.7. The van der Waals surface area contributed by atoms with Crippen molar-refractivity contribution in [3.8, 4) is 55.6 Å². The van der Waals surface area contributed by atoms with Gasteiger partial charge in [-0.25, -0.2) is 0 Å². The fourth-order valence-corrected chi connectivity index (χ4v) is 10.5. The summed E-state index contributed by atoms with van der Waals surface area (Å²) in [4.78, 5) is 2.35. The van der Waals surface area contributed by atoms with E-state index in [-0.39, 0.29) is 10.8 Å². The van der Waals surface area contributed by atoms with Gasteiger partial charge in [-0.3, -0.25) is 0 Å². The second kappa shape index (κ2) is 13.5. The molecule has 0 saturated carbocycles. The van der Waals surface area contributed by atoms with Gasteiger partial charge in [0.25, 0.3) is 0 Å². The minimum absolute atomic E-state index is 0.0425. The molecule has 0 atom stereocenters. The molecule has 0 fully saturated rings. The molecular formula is C60H45NO. The van der Waals surface area contributed by atoms with Gasteiger partial charge in [0, 0.05) is 38.7 Å². The highest BCUT2D eigenvalue weighted by Crippen LogP contribution is 2.56. The number of hydrogen-bond donors (Lipinski definition) is 0. The van der Waals surface area contributed by atoms with Crippen molar-refractivity contribution in [2.45, 2.75) is 38.5 Å². The van der Waals surface area contributed by atoms with E-state index in [4.69, 9.17) is 4.42 Å². The molecule has 2 heteroatoms.